The third-order valence-corrected chi connectivity index (χ3v) is 7.94. The number of fused-ring (bicyclic) bond motifs is 1. The SMILES string of the molecule is NC(NC(=O)C(O)(c1ccccc1)C1CCCC1)C12CC1CN(Cc1ccccc1)C2. The molecule has 3 aliphatic rings. The zero-order valence-corrected chi connectivity index (χ0v) is 18.0. The highest BCUT2D eigenvalue weighted by molar-refractivity contribution is 5.87. The minimum Gasteiger partial charge on any atom is -0.375 e. The normalized spacial score (nSPS) is 28.6. The highest BCUT2D eigenvalue weighted by Gasteiger charge is 2.63. The van der Waals surface area contributed by atoms with Gasteiger partial charge in [-0.25, -0.2) is 0 Å². The fourth-order valence-electron chi connectivity index (χ4n) is 6.06. The standard InChI is InChI=1S/C26H33N3O2/c27-23(25-15-22(25)17-29(18-25)16-19-9-3-1-4-10-19)28-24(30)26(31,21-13-7-8-14-21)20-11-5-2-6-12-20/h1-6,9-12,21-23,31H,7-8,13-18,27H2,(H,28,30). The number of amides is 1. The van der Waals surface area contributed by atoms with E-state index in [1.54, 1.807) is 0 Å². The Morgan fingerprint density at radius 3 is 2.45 bits per heavy atom. The van der Waals surface area contributed by atoms with E-state index >= 15 is 0 Å². The molecule has 31 heavy (non-hydrogen) atoms. The van der Waals surface area contributed by atoms with Gasteiger partial charge in [-0.2, -0.15) is 0 Å². The third kappa shape index (κ3) is 3.69. The van der Waals surface area contributed by atoms with E-state index in [1.165, 1.54) is 5.56 Å². The van der Waals surface area contributed by atoms with Gasteiger partial charge in [0.05, 0.1) is 6.17 Å². The molecule has 0 bridgehead atoms. The quantitative estimate of drug-likeness (QED) is 0.603. The van der Waals surface area contributed by atoms with Crippen molar-refractivity contribution in [2.75, 3.05) is 13.1 Å². The van der Waals surface area contributed by atoms with E-state index in [0.717, 1.165) is 51.7 Å². The average molecular weight is 420 g/mol. The molecule has 1 saturated heterocycles. The zero-order chi connectivity index (χ0) is 21.5. The Labute approximate surface area is 184 Å². The number of nitrogens with one attached hydrogen (secondary N) is 1. The number of carbonyl (C=O) groups excluding carboxylic acids is 1. The first-order chi connectivity index (χ1) is 15.0. The van der Waals surface area contributed by atoms with Crippen LogP contribution in [0.5, 0.6) is 0 Å². The molecule has 0 radical (unpaired) electrons. The van der Waals surface area contributed by atoms with Crippen molar-refractivity contribution in [2.24, 2.45) is 23.0 Å². The first kappa shape index (κ1) is 20.7. The van der Waals surface area contributed by atoms with E-state index in [1.807, 2.05) is 36.4 Å². The van der Waals surface area contributed by atoms with Crippen LogP contribution in [0.25, 0.3) is 0 Å². The van der Waals surface area contributed by atoms with Gasteiger partial charge in [0.15, 0.2) is 5.60 Å². The maximum atomic E-state index is 13.5. The van der Waals surface area contributed by atoms with E-state index in [0.29, 0.717) is 11.5 Å². The van der Waals surface area contributed by atoms with Gasteiger partial charge in [-0.1, -0.05) is 73.5 Å². The van der Waals surface area contributed by atoms with Gasteiger partial charge >= 0.3 is 0 Å². The molecule has 2 aromatic rings. The van der Waals surface area contributed by atoms with E-state index in [-0.39, 0.29) is 17.2 Å². The second-order valence-electron chi connectivity index (χ2n) is 9.85. The van der Waals surface area contributed by atoms with Crippen molar-refractivity contribution in [3.63, 3.8) is 0 Å². The lowest BCUT2D eigenvalue weighted by atomic mass is 9.79. The van der Waals surface area contributed by atoms with Crippen LogP contribution in [-0.4, -0.2) is 35.2 Å². The number of nitrogens with two attached hydrogens (primary N) is 1. The van der Waals surface area contributed by atoms with Gasteiger partial charge in [-0.3, -0.25) is 9.69 Å². The van der Waals surface area contributed by atoms with Crippen molar-refractivity contribution in [1.82, 2.24) is 10.2 Å². The topological polar surface area (TPSA) is 78.6 Å². The minimum absolute atomic E-state index is 0.0623. The summed E-state index contributed by atoms with van der Waals surface area (Å²) in [7, 11) is 0. The molecule has 1 aliphatic heterocycles. The Bertz CT molecular complexity index is 915. The predicted octanol–water partition coefficient (Wildman–Crippen LogP) is 2.99. The molecule has 3 fully saturated rings. The van der Waals surface area contributed by atoms with Crippen molar-refractivity contribution in [3.8, 4) is 0 Å². The number of carbonyl (C=O) groups is 1. The van der Waals surface area contributed by atoms with Crippen LogP contribution < -0.4 is 11.1 Å². The number of piperidine rings is 1. The molecule has 4 unspecified atom stereocenters. The largest absolute Gasteiger partial charge is 0.375 e. The second-order valence-corrected chi connectivity index (χ2v) is 9.85. The van der Waals surface area contributed by atoms with E-state index in [2.05, 4.69) is 34.5 Å². The van der Waals surface area contributed by atoms with Crippen molar-refractivity contribution < 1.29 is 9.90 Å². The summed E-state index contributed by atoms with van der Waals surface area (Å²) in [4.78, 5) is 15.9. The Hall–Kier alpha value is -2.21. The molecule has 5 rings (SSSR count). The maximum Gasteiger partial charge on any atom is 0.258 e. The summed E-state index contributed by atoms with van der Waals surface area (Å²) in [5, 5.41) is 14.8. The molecule has 4 atom stereocenters. The molecule has 2 saturated carbocycles. The first-order valence-electron chi connectivity index (χ1n) is 11.6. The highest BCUT2D eigenvalue weighted by Crippen LogP contribution is 2.59. The summed E-state index contributed by atoms with van der Waals surface area (Å²) in [6, 6.07) is 19.9. The predicted molar refractivity (Wildman–Crippen MR) is 121 cm³/mol. The second kappa shape index (κ2) is 8.05. The number of aliphatic hydroxyl groups is 1. The maximum absolute atomic E-state index is 13.5. The molecule has 5 nitrogen and oxygen atoms in total. The lowest BCUT2D eigenvalue weighted by Gasteiger charge is -2.35. The van der Waals surface area contributed by atoms with E-state index in [9.17, 15) is 9.90 Å². The molecule has 5 heteroatoms. The van der Waals surface area contributed by atoms with Gasteiger partial charge < -0.3 is 16.2 Å². The number of likely N-dealkylation sites (tertiary alicyclic amines) is 1. The summed E-state index contributed by atoms with van der Waals surface area (Å²) < 4.78 is 0. The molecular weight excluding hydrogens is 386 g/mol. The van der Waals surface area contributed by atoms with Crippen molar-refractivity contribution in [3.05, 3.63) is 71.8 Å². The summed E-state index contributed by atoms with van der Waals surface area (Å²) in [5.74, 6) is 0.121. The van der Waals surface area contributed by atoms with Gasteiger partial charge in [-0.15, -0.1) is 0 Å². The van der Waals surface area contributed by atoms with E-state index < -0.39 is 11.8 Å². The van der Waals surface area contributed by atoms with Gasteiger partial charge in [0, 0.05) is 31.0 Å². The Morgan fingerprint density at radius 2 is 1.77 bits per heavy atom. The summed E-state index contributed by atoms with van der Waals surface area (Å²) in [6.45, 7) is 2.82. The van der Waals surface area contributed by atoms with Gasteiger partial charge in [-0.05, 0) is 36.3 Å². The van der Waals surface area contributed by atoms with Crippen molar-refractivity contribution in [2.45, 2.75) is 50.4 Å². The molecule has 1 amide bonds. The molecule has 164 valence electrons. The molecule has 2 aliphatic carbocycles. The van der Waals surface area contributed by atoms with Crippen LogP contribution in [0.1, 0.15) is 43.2 Å². The van der Waals surface area contributed by atoms with Crippen LogP contribution in [0, 0.1) is 17.3 Å². The van der Waals surface area contributed by atoms with Gasteiger partial charge in [0.25, 0.3) is 5.91 Å². The van der Waals surface area contributed by atoms with Crippen molar-refractivity contribution >= 4 is 5.91 Å². The zero-order valence-electron chi connectivity index (χ0n) is 18.0. The van der Waals surface area contributed by atoms with Gasteiger partial charge in [0.2, 0.25) is 0 Å². The molecule has 0 spiro atoms. The lowest BCUT2D eigenvalue weighted by molar-refractivity contribution is -0.148. The third-order valence-electron chi connectivity index (χ3n) is 7.94. The fraction of sp³-hybridized carbons (Fsp3) is 0.500. The summed E-state index contributed by atoms with van der Waals surface area (Å²) in [5.41, 5.74) is 7.00. The van der Waals surface area contributed by atoms with Crippen molar-refractivity contribution in [1.29, 1.82) is 0 Å². The molecular formula is C26H33N3O2. The number of benzene rings is 2. The number of nitrogens with zero attached hydrogens (tertiary/aromatic N) is 1. The number of hydrogen-bond donors (Lipinski definition) is 3. The van der Waals surface area contributed by atoms with Crippen LogP contribution >= 0.6 is 0 Å². The number of hydrogen-bond acceptors (Lipinski definition) is 4. The lowest BCUT2D eigenvalue weighted by Crippen LogP contribution is -2.57. The Balaban J connectivity index is 1.29. The van der Waals surface area contributed by atoms with Crippen LogP contribution in [0.15, 0.2) is 60.7 Å². The highest BCUT2D eigenvalue weighted by atomic mass is 16.3. The fourth-order valence-corrected chi connectivity index (χ4v) is 6.06. The Kier molecular flexibility index (Phi) is 5.37. The van der Waals surface area contributed by atoms with E-state index in [4.69, 9.17) is 5.73 Å². The van der Waals surface area contributed by atoms with Gasteiger partial charge in [0.1, 0.15) is 0 Å². The molecule has 4 N–H and O–H groups in total. The minimum atomic E-state index is -1.52. The van der Waals surface area contributed by atoms with Crippen LogP contribution in [0.4, 0.5) is 0 Å². The summed E-state index contributed by atoms with van der Waals surface area (Å²) >= 11 is 0. The number of rotatable bonds is 7. The smallest absolute Gasteiger partial charge is 0.258 e. The molecule has 2 aromatic carbocycles. The summed E-state index contributed by atoms with van der Waals surface area (Å²) in [6.07, 6.45) is 4.45. The first-order valence-corrected chi connectivity index (χ1v) is 11.6. The molecule has 1 heterocycles. The van der Waals surface area contributed by atoms with Crippen LogP contribution in [0.3, 0.4) is 0 Å². The molecule has 0 aromatic heterocycles. The van der Waals surface area contributed by atoms with Crippen LogP contribution in [0.2, 0.25) is 0 Å². The van der Waals surface area contributed by atoms with Crippen LogP contribution in [-0.2, 0) is 16.9 Å². The Morgan fingerprint density at radius 1 is 1.13 bits per heavy atom. The monoisotopic (exact) mass is 419 g/mol. The average Bonchev–Trinajstić information content (AvgIpc) is 3.13.